The number of fused-ring (bicyclic) bond motifs is 1. The normalized spacial score (nSPS) is 33.9. The number of alkyl halides is 1. The number of nitrogens with two attached hydrogens (primary N) is 1. The fraction of sp³-hybridized carbons (Fsp3) is 0.545. The van der Waals surface area contributed by atoms with E-state index in [1.54, 1.807) is 0 Å². The molecule has 8 nitrogen and oxygen atoms in total. The Morgan fingerprint density at radius 3 is 3.00 bits per heavy atom. The number of nitrogen functional groups attached to an aromatic ring is 1. The Bertz CT molecular complexity index is 661. The molecule has 108 valence electrons. The number of ether oxygens (including phenoxy) is 1. The summed E-state index contributed by atoms with van der Waals surface area (Å²) in [6.45, 7) is 0.808. The van der Waals surface area contributed by atoms with Gasteiger partial charge in [-0.1, -0.05) is 0 Å². The molecule has 1 aliphatic rings. The summed E-state index contributed by atoms with van der Waals surface area (Å²) in [6, 6.07) is 0. The second kappa shape index (κ2) is 4.08. The van der Waals surface area contributed by atoms with Gasteiger partial charge in [-0.15, -0.1) is 0 Å². The second-order valence-electron chi connectivity index (χ2n) is 4.99. The molecule has 9 heteroatoms. The van der Waals surface area contributed by atoms with Crippen LogP contribution in [0.5, 0.6) is 0 Å². The molecule has 4 N–H and O–H groups in total. The third-order valence-corrected chi connectivity index (χ3v) is 3.54. The first-order chi connectivity index (χ1) is 9.39. The third-order valence-electron chi connectivity index (χ3n) is 3.54. The van der Waals surface area contributed by atoms with Crippen molar-refractivity contribution >= 4 is 11.5 Å². The number of aliphatic hydroxyl groups excluding tert-OH is 1. The van der Waals surface area contributed by atoms with E-state index in [0.29, 0.717) is 0 Å². The predicted molar refractivity (Wildman–Crippen MR) is 65.2 cm³/mol. The summed E-state index contributed by atoms with van der Waals surface area (Å²) in [5.74, 6) is -2.16. The van der Waals surface area contributed by atoms with Crippen LogP contribution in [0.15, 0.2) is 12.5 Å². The summed E-state index contributed by atoms with van der Waals surface area (Å²) in [6.07, 6.45) is 1.45. The van der Waals surface area contributed by atoms with Gasteiger partial charge in [0, 0.05) is 6.42 Å². The minimum absolute atomic E-state index is 0.00236. The number of anilines is 1. The van der Waals surface area contributed by atoms with Crippen molar-refractivity contribution < 1.29 is 19.3 Å². The Balaban J connectivity index is 2.17. The molecule has 0 aliphatic carbocycles. The highest BCUT2D eigenvalue weighted by molar-refractivity contribution is 5.59. The number of hydrogen-bond acceptors (Lipinski definition) is 7. The minimum Gasteiger partial charge on any atom is -0.394 e. The predicted octanol–water partition coefficient (Wildman–Crippen LogP) is -0.639. The topological polar surface area (TPSA) is 119 Å². The minimum atomic E-state index is -2.26. The van der Waals surface area contributed by atoms with Crippen LogP contribution in [-0.4, -0.2) is 48.2 Å². The zero-order chi connectivity index (χ0) is 14.5. The molecule has 3 atom stereocenters. The number of aliphatic hydroxyl groups is 2. The highest BCUT2D eigenvalue weighted by Gasteiger charge is 2.60. The molecular weight excluding hydrogens is 269 g/mol. The van der Waals surface area contributed by atoms with E-state index in [-0.39, 0.29) is 23.6 Å². The third kappa shape index (κ3) is 1.60. The van der Waals surface area contributed by atoms with Crippen molar-refractivity contribution in [2.75, 3.05) is 12.3 Å². The SMILES string of the molecule is CC1(F)CC(CO)OC1(O)c1cnc2c(N)ncnn12. The summed E-state index contributed by atoms with van der Waals surface area (Å²) in [7, 11) is 0. The Hall–Kier alpha value is -1.84. The fourth-order valence-electron chi connectivity index (χ4n) is 2.47. The highest BCUT2D eigenvalue weighted by atomic mass is 19.1. The maximum absolute atomic E-state index is 14.7. The van der Waals surface area contributed by atoms with Crippen LogP contribution in [0.25, 0.3) is 5.65 Å². The first kappa shape index (κ1) is 13.2. The van der Waals surface area contributed by atoms with Crippen LogP contribution in [0.1, 0.15) is 19.0 Å². The summed E-state index contributed by atoms with van der Waals surface area (Å²) < 4.78 is 21.1. The summed E-state index contributed by atoms with van der Waals surface area (Å²) in [5.41, 5.74) is 3.74. The van der Waals surface area contributed by atoms with Gasteiger partial charge in [0.2, 0.25) is 5.79 Å². The molecule has 0 radical (unpaired) electrons. The number of imidazole rings is 1. The van der Waals surface area contributed by atoms with Crippen LogP contribution in [-0.2, 0) is 10.5 Å². The fourth-order valence-corrected chi connectivity index (χ4v) is 2.47. The van der Waals surface area contributed by atoms with Crippen LogP contribution < -0.4 is 5.73 Å². The zero-order valence-corrected chi connectivity index (χ0v) is 10.7. The van der Waals surface area contributed by atoms with Gasteiger partial charge in [-0.2, -0.15) is 5.10 Å². The number of aromatic nitrogens is 4. The lowest BCUT2D eigenvalue weighted by Crippen LogP contribution is -2.44. The van der Waals surface area contributed by atoms with E-state index < -0.39 is 24.2 Å². The highest BCUT2D eigenvalue weighted by Crippen LogP contribution is 2.47. The van der Waals surface area contributed by atoms with Gasteiger partial charge < -0.3 is 20.7 Å². The zero-order valence-electron chi connectivity index (χ0n) is 10.7. The molecule has 20 heavy (non-hydrogen) atoms. The lowest BCUT2D eigenvalue weighted by atomic mass is 9.93. The molecule has 3 unspecified atom stereocenters. The van der Waals surface area contributed by atoms with Gasteiger partial charge in [-0.05, 0) is 6.92 Å². The molecule has 0 amide bonds. The molecule has 1 aliphatic heterocycles. The van der Waals surface area contributed by atoms with E-state index in [2.05, 4.69) is 15.1 Å². The van der Waals surface area contributed by atoms with Gasteiger partial charge in [0.15, 0.2) is 17.1 Å². The lowest BCUT2D eigenvalue weighted by molar-refractivity contribution is -0.255. The second-order valence-corrected chi connectivity index (χ2v) is 4.99. The van der Waals surface area contributed by atoms with Crippen molar-refractivity contribution in [2.24, 2.45) is 0 Å². The van der Waals surface area contributed by atoms with Gasteiger partial charge in [0.25, 0.3) is 0 Å². The van der Waals surface area contributed by atoms with Gasteiger partial charge in [0.05, 0.1) is 18.9 Å². The number of hydrogen-bond donors (Lipinski definition) is 3. The molecule has 3 rings (SSSR count). The molecule has 3 heterocycles. The van der Waals surface area contributed by atoms with Crippen molar-refractivity contribution in [3.8, 4) is 0 Å². The van der Waals surface area contributed by atoms with Crippen LogP contribution in [0.2, 0.25) is 0 Å². The van der Waals surface area contributed by atoms with Crippen LogP contribution in [0.3, 0.4) is 0 Å². The van der Waals surface area contributed by atoms with Crippen molar-refractivity contribution in [3.63, 3.8) is 0 Å². The van der Waals surface area contributed by atoms with Crippen LogP contribution >= 0.6 is 0 Å². The molecule has 2 aromatic heterocycles. The standard InChI is InChI=1S/C11H14FN5O3/c1-10(12)2-6(4-18)20-11(10,19)7-3-14-9-8(13)15-5-16-17(7)9/h3,5-6,18-19H,2,4H2,1H3,(H2,13,15,16). The van der Waals surface area contributed by atoms with Crippen LogP contribution in [0.4, 0.5) is 10.2 Å². The van der Waals surface area contributed by atoms with E-state index in [4.69, 9.17) is 15.6 Å². The Kier molecular flexibility index (Phi) is 2.68. The molecule has 2 aromatic rings. The first-order valence-electron chi connectivity index (χ1n) is 6.04. The lowest BCUT2D eigenvalue weighted by Gasteiger charge is -2.30. The molecule has 1 saturated heterocycles. The van der Waals surface area contributed by atoms with E-state index >= 15 is 0 Å². The smallest absolute Gasteiger partial charge is 0.247 e. The Labute approximate surface area is 113 Å². The average molecular weight is 283 g/mol. The number of halogens is 1. The van der Waals surface area contributed by atoms with Gasteiger partial charge in [-0.3, -0.25) is 0 Å². The number of rotatable bonds is 2. The summed E-state index contributed by atoms with van der Waals surface area (Å²) >= 11 is 0. The van der Waals surface area contributed by atoms with E-state index in [1.165, 1.54) is 24.0 Å². The van der Waals surface area contributed by atoms with Crippen molar-refractivity contribution in [1.82, 2.24) is 19.6 Å². The largest absolute Gasteiger partial charge is 0.394 e. The van der Waals surface area contributed by atoms with Gasteiger partial charge in [0.1, 0.15) is 12.0 Å². The Morgan fingerprint density at radius 2 is 2.35 bits per heavy atom. The molecular formula is C11H14FN5O3. The Morgan fingerprint density at radius 1 is 1.60 bits per heavy atom. The molecule has 1 fully saturated rings. The first-order valence-corrected chi connectivity index (χ1v) is 6.04. The molecule has 0 saturated carbocycles. The maximum Gasteiger partial charge on any atom is 0.247 e. The van der Waals surface area contributed by atoms with E-state index in [1.807, 2.05) is 0 Å². The molecule has 0 bridgehead atoms. The van der Waals surface area contributed by atoms with Crippen molar-refractivity contribution in [2.45, 2.75) is 30.9 Å². The molecule has 0 spiro atoms. The van der Waals surface area contributed by atoms with E-state index in [0.717, 1.165) is 0 Å². The monoisotopic (exact) mass is 283 g/mol. The molecule has 0 aromatic carbocycles. The van der Waals surface area contributed by atoms with Crippen molar-refractivity contribution in [3.05, 3.63) is 18.2 Å². The quantitative estimate of drug-likeness (QED) is 0.670. The van der Waals surface area contributed by atoms with Crippen molar-refractivity contribution in [1.29, 1.82) is 0 Å². The van der Waals surface area contributed by atoms with Gasteiger partial charge in [-0.25, -0.2) is 18.9 Å². The number of nitrogens with zero attached hydrogens (tertiary/aromatic N) is 4. The summed E-state index contributed by atoms with van der Waals surface area (Å²) in [4.78, 5) is 7.73. The summed E-state index contributed by atoms with van der Waals surface area (Å²) in [5, 5.41) is 23.6. The maximum atomic E-state index is 14.7. The van der Waals surface area contributed by atoms with Gasteiger partial charge >= 0.3 is 0 Å². The van der Waals surface area contributed by atoms with Crippen LogP contribution in [0, 0.1) is 0 Å². The average Bonchev–Trinajstić information content (AvgIpc) is 2.91. The van der Waals surface area contributed by atoms with E-state index in [9.17, 15) is 9.50 Å².